The van der Waals surface area contributed by atoms with Crippen LogP contribution in [0.1, 0.15) is 19.5 Å². The summed E-state index contributed by atoms with van der Waals surface area (Å²) in [5.41, 5.74) is 2.13. The lowest BCUT2D eigenvalue weighted by Gasteiger charge is -2.14. The van der Waals surface area contributed by atoms with Crippen molar-refractivity contribution in [1.29, 1.82) is 0 Å². The third kappa shape index (κ3) is 3.75. The molecule has 0 amide bonds. The minimum atomic E-state index is 0.330. The zero-order valence-electron chi connectivity index (χ0n) is 9.08. The van der Waals surface area contributed by atoms with Crippen molar-refractivity contribution in [3.05, 3.63) is 24.0 Å². The number of aromatic nitrogens is 1. The van der Waals surface area contributed by atoms with E-state index in [1.807, 2.05) is 32.2 Å². The quantitative estimate of drug-likeness (QED) is 0.780. The van der Waals surface area contributed by atoms with E-state index in [0.29, 0.717) is 6.04 Å². The normalized spacial score (nSPS) is 12.5. The Bertz CT molecular complexity index is 276. The lowest BCUT2D eigenvalue weighted by atomic mass is 10.3. The van der Waals surface area contributed by atoms with E-state index in [2.05, 4.69) is 17.2 Å². The smallest absolute Gasteiger partial charge is 0.0664 e. The first kappa shape index (κ1) is 11.0. The summed E-state index contributed by atoms with van der Waals surface area (Å²) in [4.78, 5) is 4.14. The highest BCUT2D eigenvalue weighted by Crippen LogP contribution is 2.08. The summed E-state index contributed by atoms with van der Waals surface area (Å²) in [7, 11) is 0. The lowest BCUT2D eigenvalue weighted by Crippen LogP contribution is -2.21. The molecule has 78 valence electrons. The number of hydrogen-bond acceptors (Lipinski definition) is 3. The molecule has 3 nitrogen and oxygen atoms in total. The predicted molar refractivity (Wildman–Crippen MR) is 58.6 cm³/mol. The second kappa shape index (κ2) is 5.60. The van der Waals surface area contributed by atoms with E-state index in [1.54, 1.807) is 0 Å². The fraction of sp³-hybridized carbons (Fsp3) is 0.545. The SMILES string of the molecule is CCOCC(C)Nc1ccnc(C)c1. The molecule has 0 fully saturated rings. The molecule has 0 aliphatic rings. The average molecular weight is 194 g/mol. The number of aryl methyl sites for hydroxylation is 1. The van der Waals surface area contributed by atoms with Gasteiger partial charge in [0.25, 0.3) is 0 Å². The first-order chi connectivity index (χ1) is 6.72. The highest BCUT2D eigenvalue weighted by atomic mass is 16.5. The number of anilines is 1. The van der Waals surface area contributed by atoms with Gasteiger partial charge in [0.1, 0.15) is 0 Å². The highest BCUT2D eigenvalue weighted by molar-refractivity contribution is 5.43. The van der Waals surface area contributed by atoms with E-state index in [1.165, 1.54) is 0 Å². The van der Waals surface area contributed by atoms with E-state index >= 15 is 0 Å². The lowest BCUT2D eigenvalue weighted by molar-refractivity contribution is 0.141. The maximum Gasteiger partial charge on any atom is 0.0664 e. The number of nitrogens with one attached hydrogen (secondary N) is 1. The Morgan fingerprint density at radius 2 is 2.36 bits per heavy atom. The third-order valence-electron chi connectivity index (χ3n) is 1.88. The summed E-state index contributed by atoms with van der Waals surface area (Å²) in [6.45, 7) is 7.59. The number of rotatable bonds is 5. The maximum atomic E-state index is 5.32. The number of hydrogen-bond donors (Lipinski definition) is 1. The molecule has 0 bridgehead atoms. The minimum absolute atomic E-state index is 0.330. The van der Waals surface area contributed by atoms with Crippen LogP contribution in [0, 0.1) is 6.92 Å². The topological polar surface area (TPSA) is 34.1 Å². The molecule has 0 radical (unpaired) electrons. The van der Waals surface area contributed by atoms with Crippen LogP contribution in [-0.2, 0) is 4.74 Å². The zero-order chi connectivity index (χ0) is 10.4. The standard InChI is InChI=1S/C11H18N2O/c1-4-14-8-10(3)13-11-5-6-12-9(2)7-11/h5-7,10H,4,8H2,1-3H3,(H,12,13). The van der Waals surface area contributed by atoms with Gasteiger partial charge < -0.3 is 10.1 Å². The highest BCUT2D eigenvalue weighted by Gasteiger charge is 2.01. The second-order valence-electron chi connectivity index (χ2n) is 3.39. The Kier molecular flexibility index (Phi) is 4.40. The summed E-state index contributed by atoms with van der Waals surface area (Å²) in [6.07, 6.45) is 1.81. The van der Waals surface area contributed by atoms with Crippen LogP contribution in [0.5, 0.6) is 0 Å². The van der Waals surface area contributed by atoms with Crippen molar-refractivity contribution in [2.45, 2.75) is 26.8 Å². The van der Waals surface area contributed by atoms with Crippen LogP contribution in [0.15, 0.2) is 18.3 Å². The molecule has 1 N–H and O–H groups in total. The summed E-state index contributed by atoms with van der Waals surface area (Å²) in [5.74, 6) is 0. The molecule has 0 aliphatic carbocycles. The first-order valence-corrected chi connectivity index (χ1v) is 4.99. The van der Waals surface area contributed by atoms with Crippen molar-refractivity contribution in [1.82, 2.24) is 4.98 Å². The van der Waals surface area contributed by atoms with Crippen LogP contribution in [0.25, 0.3) is 0 Å². The van der Waals surface area contributed by atoms with Gasteiger partial charge >= 0.3 is 0 Å². The molecule has 0 saturated heterocycles. The van der Waals surface area contributed by atoms with Gasteiger partial charge in [0, 0.05) is 30.2 Å². The Morgan fingerprint density at radius 1 is 1.57 bits per heavy atom. The molecule has 1 unspecified atom stereocenters. The van der Waals surface area contributed by atoms with Gasteiger partial charge in [-0.2, -0.15) is 0 Å². The van der Waals surface area contributed by atoms with Gasteiger partial charge in [-0.1, -0.05) is 0 Å². The maximum absolute atomic E-state index is 5.32. The van der Waals surface area contributed by atoms with Gasteiger partial charge in [0.05, 0.1) is 6.61 Å². The molecular weight excluding hydrogens is 176 g/mol. The minimum Gasteiger partial charge on any atom is -0.380 e. The molecule has 1 heterocycles. The van der Waals surface area contributed by atoms with Crippen molar-refractivity contribution in [3.8, 4) is 0 Å². The Balaban J connectivity index is 2.43. The van der Waals surface area contributed by atoms with Crippen LogP contribution in [0.2, 0.25) is 0 Å². The van der Waals surface area contributed by atoms with Crippen molar-refractivity contribution in [2.24, 2.45) is 0 Å². The van der Waals surface area contributed by atoms with Crippen LogP contribution in [0.4, 0.5) is 5.69 Å². The van der Waals surface area contributed by atoms with Crippen LogP contribution in [-0.4, -0.2) is 24.2 Å². The second-order valence-corrected chi connectivity index (χ2v) is 3.39. The van der Waals surface area contributed by atoms with E-state index in [4.69, 9.17) is 4.74 Å². The fourth-order valence-corrected chi connectivity index (χ4v) is 1.26. The molecule has 1 aromatic heterocycles. The van der Waals surface area contributed by atoms with E-state index in [0.717, 1.165) is 24.6 Å². The van der Waals surface area contributed by atoms with Crippen molar-refractivity contribution < 1.29 is 4.74 Å². The third-order valence-corrected chi connectivity index (χ3v) is 1.88. The van der Waals surface area contributed by atoms with Gasteiger partial charge in [-0.05, 0) is 32.9 Å². The van der Waals surface area contributed by atoms with Crippen LogP contribution < -0.4 is 5.32 Å². The molecule has 0 aliphatic heterocycles. The van der Waals surface area contributed by atoms with Crippen LogP contribution in [0.3, 0.4) is 0 Å². The van der Waals surface area contributed by atoms with E-state index < -0.39 is 0 Å². The molecule has 0 spiro atoms. The molecule has 1 atom stereocenters. The molecular formula is C11H18N2O. The van der Waals surface area contributed by atoms with Gasteiger partial charge in [-0.15, -0.1) is 0 Å². The van der Waals surface area contributed by atoms with Gasteiger partial charge in [0.2, 0.25) is 0 Å². The average Bonchev–Trinajstić information content (AvgIpc) is 2.15. The fourth-order valence-electron chi connectivity index (χ4n) is 1.26. The van der Waals surface area contributed by atoms with Gasteiger partial charge in [-0.25, -0.2) is 0 Å². The summed E-state index contributed by atoms with van der Waals surface area (Å²) >= 11 is 0. The van der Waals surface area contributed by atoms with Crippen LogP contribution >= 0.6 is 0 Å². The Hall–Kier alpha value is -1.09. The van der Waals surface area contributed by atoms with E-state index in [9.17, 15) is 0 Å². The largest absolute Gasteiger partial charge is 0.380 e. The van der Waals surface area contributed by atoms with Gasteiger partial charge in [-0.3, -0.25) is 4.98 Å². The Morgan fingerprint density at radius 3 is 3.00 bits per heavy atom. The number of pyridine rings is 1. The summed E-state index contributed by atoms with van der Waals surface area (Å²) < 4.78 is 5.32. The van der Waals surface area contributed by atoms with E-state index in [-0.39, 0.29) is 0 Å². The Labute approximate surface area is 85.5 Å². The van der Waals surface area contributed by atoms with Crippen molar-refractivity contribution in [2.75, 3.05) is 18.5 Å². The monoisotopic (exact) mass is 194 g/mol. The predicted octanol–water partition coefficient (Wildman–Crippen LogP) is 2.23. The number of ether oxygens (including phenoxy) is 1. The molecule has 3 heteroatoms. The molecule has 14 heavy (non-hydrogen) atoms. The molecule has 0 saturated carbocycles. The van der Waals surface area contributed by atoms with Gasteiger partial charge in [0.15, 0.2) is 0 Å². The van der Waals surface area contributed by atoms with Crippen molar-refractivity contribution in [3.63, 3.8) is 0 Å². The molecule has 1 rings (SSSR count). The zero-order valence-corrected chi connectivity index (χ0v) is 9.08. The first-order valence-electron chi connectivity index (χ1n) is 4.99. The summed E-state index contributed by atoms with van der Waals surface area (Å²) in [5, 5.41) is 3.35. The summed E-state index contributed by atoms with van der Waals surface area (Å²) in [6, 6.07) is 4.33. The number of nitrogens with zero attached hydrogens (tertiary/aromatic N) is 1. The molecule has 0 aromatic carbocycles. The van der Waals surface area contributed by atoms with Crippen molar-refractivity contribution >= 4 is 5.69 Å². The molecule has 1 aromatic rings.